The van der Waals surface area contributed by atoms with Crippen LogP contribution in [0.3, 0.4) is 0 Å². The van der Waals surface area contributed by atoms with E-state index in [1.807, 2.05) is 24.5 Å². The fourth-order valence-corrected chi connectivity index (χ4v) is 2.64. The molecule has 0 radical (unpaired) electrons. The van der Waals surface area contributed by atoms with E-state index in [2.05, 4.69) is 33.2 Å². The number of aromatic nitrogens is 2. The average molecular weight is 262 g/mol. The maximum absolute atomic E-state index is 5.55. The molecule has 0 atom stereocenters. The minimum Gasteiger partial charge on any atom is -0.359 e. The van der Waals surface area contributed by atoms with Gasteiger partial charge in [-0.05, 0) is 36.4 Å². The number of thiophene rings is 1. The highest BCUT2D eigenvalue weighted by Crippen LogP contribution is 2.17. The zero-order valence-electron chi connectivity index (χ0n) is 10.8. The molecule has 2 heterocycles. The van der Waals surface area contributed by atoms with Crippen molar-refractivity contribution in [3.05, 3.63) is 40.0 Å². The molecule has 0 aliphatic carbocycles. The van der Waals surface area contributed by atoms with Crippen molar-refractivity contribution in [2.24, 2.45) is 5.73 Å². The molecule has 18 heavy (non-hydrogen) atoms. The Morgan fingerprint density at radius 3 is 2.89 bits per heavy atom. The van der Waals surface area contributed by atoms with E-state index in [4.69, 9.17) is 5.73 Å². The van der Waals surface area contributed by atoms with Crippen molar-refractivity contribution in [3.63, 3.8) is 0 Å². The van der Waals surface area contributed by atoms with Crippen LogP contribution in [-0.2, 0) is 13.0 Å². The molecule has 0 spiro atoms. The summed E-state index contributed by atoms with van der Waals surface area (Å²) in [6.07, 6.45) is 2.80. The highest BCUT2D eigenvalue weighted by molar-refractivity contribution is 7.10. The number of nitrogens with two attached hydrogens (primary N) is 1. The Morgan fingerprint density at radius 1 is 1.39 bits per heavy atom. The lowest BCUT2D eigenvalue weighted by Gasteiger charge is -2.18. The zero-order valence-corrected chi connectivity index (χ0v) is 11.6. The van der Waals surface area contributed by atoms with Crippen LogP contribution in [-0.4, -0.2) is 23.6 Å². The molecule has 2 aromatic rings. The van der Waals surface area contributed by atoms with Crippen molar-refractivity contribution in [1.82, 2.24) is 9.97 Å². The van der Waals surface area contributed by atoms with E-state index < -0.39 is 0 Å². The van der Waals surface area contributed by atoms with Crippen molar-refractivity contribution in [3.8, 4) is 0 Å². The minimum atomic E-state index is 0.381. The second-order valence-electron chi connectivity index (χ2n) is 4.23. The van der Waals surface area contributed by atoms with Gasteiger partial charge in [-0.25, -0.2) is 9.97 Å². The monoisotopic (exact) mass is 262 g/mol. The van der Waals surface area contributed by atoms with Gasteiger partial charge in [-0.3, -0.25) is 0 Å². The van der Waals surface area contributed by atoms with E-state index in [0.717, 1.165) is 18.8 Å². The van der Waals surface area contributed by atoms with Gasteiger partial charge in [0.25, 0.3) is 0 Å². The summed E-state index contributed by atoms with van der Waals surface area (Å²) in [5.74, 6) is 1.62. The molecule has 0 aromatic carbocycles. The van der Waals surface area contributed by atoms with E-state index >= 15 is 0 Å². The van der Waals surface area contributed by atoms with Gasteiger partial charge in [-0.1, -0.05) is 0 Å². The molecule has 4 nitrogen and oxygen atoms in total. The molecule has 0 aliphatic heterocycles. The normalized spacial score (nSPS) is 10.6. The van der Waals surface area contributed by atoms with Crippen molar-refractivity contribution in [1.29, 1.82) is 0 Å². The third-order valence-electron chi connectivity index (χ3n) is 2.91. The van der Waals surface area contributed by atoms with Crippen LogP contribution in [0.1, 0.15) is 16.3 Å². The average Bonchev–Trinajstić information content (AvgIpc) is 2.81. The molecule has 2 aromatic heterocycles. The van der Waals surface area contributed by atoms with Crippen molar-refractivity contribution < 1.29 is 0 Å². The number of hydrogen-bond donors (Lipinski definition) is 1. The lowest BCUT2D eigenvalue weighted by atomic mass is 10.2. The Bertz CT molecular complexity index is 509. The van der Waals surface area contributed by atoms with Gasteiger partial charge in [0.2, 0.25) is 0 Å². The highest BCUT2D eigenvalue weighted by atomic mass is 32.1. The molecule has 96 valence electrons. The van der Waals surface area contributed by atoms with Crippen LogP contribution in [0.2, 0.25) is 0 Å². The zero-order chi connectivity index (χ0) is 13.0. The molecular formula is C13H18N4S. The van der Waals surface area contributed by atoms with Crippen LogP contribution in [0.25, 0.3) is 0 Å². The van der Waals surface area contributed by atoms with Gasteiger partial charge in [0, 0.05) is 24.7 Å². The summed E-state index contributed by atoms with van der Waals surface area (Å²) in [6.45, 7) is 3.48. The fourth-order valence-electron chi connectivity index (χ4n) is 1.74. The first-order valence-electron chi connectivity index (χ1n) is 5.97. The molecule has 0 unspecified atom stereocenters. The lowest BCUT2D eigenvalue weighted by Crippen LogP contribution is -2.22. The number of rotatable bonds is 5. The van der Waals surface area contributed by atoms with Gasteiger partial charge in [0.15, 0.2) is 0 Å². The SMILES string of the molecule is Cc1ccsc1CCN(C)c1ccnc(CN)n1. The molecule has 2 N–H and O–H groups in total. The summed E-state index contributed by atoms with van der Waals surface area (Å²) in [4.78, 5) is 12.1. The van der Waals surface area contributed by atoms with E-state index in [9.17, 15) is 0 Å². The largest absolute Gasteiger partial charge is 0.359 e. The van der Waals surface area contributed by atoms with E-state index in [1.54, 1.807) is 6.20 Å². The van der Waals surface area contributed by atoms with Gasteiger partial charge in [-0.15, -0.1) is 11.3 Å². The van der Waals surface area contributed by atoms with Gasteiger partial charge in [0.05, 0.1) is 6.54 Å². The first kappa shape index (κ1) is 13.0. The molecular weight excluding hydrogens is 244 g/mol. The Kier molecular flexibility index (Phi) is 4.28. The van der Waals surface area contributed by atoms with Gasteiger partial charge in [-0.2, -0.15) is 0 Å². The Labute approximate surface area is 111 Å². The highest BCUT2D eigenvalue weighted by Gasteiger charge is 2.06. The second kappa shape index (κ2) is 5.93. The fraction of sp³-hybridized carbons (Fsp3) is 0.385. The Morgan fingerprint density at radius 2 is 2.22 bits per heavy atom. The standard InChI is InChI=1S/C13H18N4S/c1-10-5-8-18-11(10)4-7-17(2)13-3-6-15-12(9-14)16-13/h3,5-6,8H,4,7,9,14H2,1-2H3. The topological polar surface area (TPSA) is 55.0 Å². The Hall–Kier alpha value is -1.46. The predicted molar refractivity (Wildman–Crippen MR) is 76.0 cm³/mol. The molecule has 0 fully saturated rings. The molecule has 5 heteroatoms. The van der Waals surface area contributed by atoms with Crippen LogP contribution in [0.15, 0.2) is 23.7 Å². The third-order valence-corrected chi connectivity index (χ3v) is 3.99. The van der Waals surface area contributed by atoms with E-state index in [0.29, 0.717) is 12.4 Å². The summed E-state index contributed by atoms with van der Waals surface area (Å²) in [7, 11) is 2.05. The Balaban J connectivity index is 1.99. The minimum absolute atomic E-state index is 0.381. The number of aryl methyl sites for hydroxylation is 1. The van der Waals surface area contributed by atoms with Crippen LogP contribution >= 0.6 is 11.3 Å². The lowest BCUT2D eigenvalue weighted by molar-refractivity contribution is 0.834. The van der Waals surface area contributed by atoms with Crippen LogP contribution in [0, 0.1) is 6.92 Å². The van der Waals surface area contributed by atoms with Crippen LogP contribution in [0.5, 0.6) is 0 Å². The third kappa shape index (κ3) is 3.05. The first-order chi connectivity index (χ1) is 8.70. The van der Waals surface area contributed by atoms with E-state index in [1.165, 1.54) is 10.4 Å². The van der Waals surface area contributed by atoms with Crippen molar-refractivity contribution >= 4 is 17.2 Å². The summed E-state index contributed by atoms with van der Waals surface area (Å²) >= 11 is 1.81. The van der Waals surface area contributed by atoms with Crippen LogP contribution in [0.4, 0.5) is 5.82 Å². The maximum atomic E-state index is 5.55. The number of hydrogen-bond acceptors (Lipinski definition) is 5. The second-order valence-corrected chi connectivity index (χ2v) is 5.23. The van der Waals surface area contributed by atoms with Gasteiger partial charge in [0.1, 0.15) is 11.6 Å². The van der Waals surface area contributed by atoms with Crippen LogP contribution < -0.4 is 10.6 Å². The van der Waals surface area contributed by atoms with Crippen molar-refractivity contribution in [2.75, 3.05) is 18.5 Å². The number of nitrogens with zero attached hydrogens (tertiary/aromatic N) is 3. The quantitative estimate of drug-likeness (QED) is 0.895. The summed E-state index contributed by atoms with van der Waals surface area (Å²) in [5.41, 5.74) is 6.92. The molecule has 0 amide bonds. The van der Waals surface area contributed by atoms with Gasteiger partial charge < -0.3 is 10.6 Å². The van der Waals surface area contributed by atoms with Gasteiger partial charge >= 0.3 is 0 Å². The summed E-state index contributed by atoms with van der Waals surface area (Å²) in [6, 6.07) is 4.08. The smallest absolute Gasteiger partial charge is 0.144 e. The number of anilines is 1. The van der Waals surface area contributed by atoms with E-state index in [-0.39, 0.29) is 0 Å². The predicted octanol–water partition coefficient (Wildman–Crippen LogP) is 1.98. The molecule has 0 bridgehead atoms. The molecule has 0 aliphatic rings. The molecule has 2 rings (SSSR count). The maximum Gasteiger partial charge on any atom is 0.144 e. The summed E-state index contributed by atoms with van der Waals surface area (Å²) in [5, 5.41) is 2.14. The molecule has 0 saturated carbocycles. The first-order valence-corrected chi connectivity index (χ1v) is 6.84. The molecule has 0 saturated heterocycles. The van der Waals surface area contributed by atoms with Crippen molar-refractivity contribution in [2.45, 2.75) is 19.9 Å². The summed E-state index contributed by atoms with van der Waals surface area (Å²) < 4.78 is 0. The number of likely N-dealkylation sites (N-methyl/N-ethyl adjacent to an activating group) is 1.